The van der Waals surface area contributed by atoms with E-state index in [1.807, 2.05) is 50.2 Å². The summed E-state index contributed by atoms with van der Waals surface area (Å²) >= 11 is 0. The molecule has 0 bridgehead atoms. The Morgan fingerprint density at radius 3 is 2.06 bits per heavy atom. The third-order valence-electron chi connectivity index (χ3n) is 5.00. The second-order valence-corrected chi connectivity index (χ2v) is 8.76. The molecule has 0 heterocycles. The molecule has 0 saturated carbocycles. The van der Waals surface area contributed by atoms with E-state index >= 15 is 0 Å². The van der Waals surface area contributed by atoms with Crippen molar-refractivity contribution in [3.05, 3.63) is 84.4 Å². The van der Waals surface area contributed by atoms with E-state index in [-0.39, 0.29) is 34.5 Å². The zero-order chi connectivity index (χ0) is 24.1. The number of fused-ring (bicyclic) bond motifs is 1. The second-order valence-electron chi connectivity index (χ2n) is 7.38. The normalized spacial score (nSPS) is 11.7. The summed E-state index contributed by atoms with van der Waals surface area (Å²) in [7, 11) is -4.65. The monoisotopic (exact) mass is 496 g/mol. The van der Waals surface area contributed by atoms with Gasteiger partial charge in [0.15, 0.2) is 0 Å². The van der Waals surface area contributed by atoms with Crippen LogP contribution in [0, 0.1) is 6.92 Å². The van der Waals surface area contributed by atoms with Gasteiger partial charge in [0.2, 0.25) is 0 Å². The molecule has 0 fully saturated rings. The summed E-state index contributed by atoms with van der Waals surface area (Å²) in [6.45, 7) is 4.40. The van der Waals surface area contributed by atoms with Crippen molar-refractivity contribution in [2.24, 2.45) is 20.5 Å². The maximum Gasteiger partial charge on any atom is 1.00 e. The molecule has 0 atom stereocenters. The van der Waals surface area contributed by atoms with Crippen LogP contribution < -0.4 is 34.3 Å². The molecule has 4 rings (SSSR count). The van der Waals surface area contributed by atoms with E-state index in [4.69, 9.17) is 4.74 Å². The molecule has 10 heteroatoms. The Morgan fingerprint density at radius 2 is 1.40 bits per heavy atom. The fraction of sp³-hybridized carbons (Fsp3) is 0.120. The quantitative estimate of drug-likeness (QED) is 0.216. The Labute approximate surface area is 225 Å². The zero-order valence-electron chi connectivity index (χ0n) is 19.5. The van der Waals surface area contributed by atoms with E-state index in [2.05, 4.69) is 20.5 Å². The number of hydrogen-bond donors (Lipinski definition) is 0. The van der Waals surface area contributed by atoms with Gasteiger partial charge in [-0.3, -0.25) is 0 Å². The molecule has 4 aromatic rings. The van der Waals surface area contributed by atoms with Crippen LogP contribution in [0.4, 0.5) is 22.7 Å². The first kappa shape index (κ1) is 26.7. The zero-order valence-corrected chi connectivity index (χ0v) is 22.4. The number of ether oxygens (including phenoxy) is 1. The van der Waals surface area contributed by atoms with Crippen molar-refractivity contribution in [2.75, 3.05) is 6.61 Å². The van der Waals surface area contributed by atoms with Crippen molar-refractivity contribution in [1.82, 2.24) is 0 Å². The fourth-order valence-corrected chi connectivity index (χ4v) is 3.83. The predicted molar refractivity (Wildman–Crippen MR) is 129 cm³/mol. The Kier molecular flexibility index (Phi) is 8.87. The topological polar surface area (TPSA) is 116 Å². The fourth-order valence-electron chi connectivity index (χ4n) is 3.34. The largest absolute Gasteiger partial charge is 1.00 e. The molecule has 0 unspecified atom stereocenters. The van der Waals surface area contributed by atoms with Crippen molar-refractivity contribution >= 4 is 43.6 Å². The van der Waals surface area contributed by atoms with Gasteiger partial charge in [0, 0.05) is 10.8 Å². The molecular weight excluding hydrogens is 475 g/mol. The van der Waals surface area contributed by atoms with Crippen LogP contribution in [0.25, 0.3) is 10.8 Å². The van der Waals surface area contributed by atoms with E-state index in [0.29, 0.717) is 40.1 Å². The summed E-state index contributed by atoms with van der Waals surface area (Å²) in [6, 6.07) is 22.1. The minimum atomic E-state index is -4.65. The van der Waals surface area contributed by atoms with Gasteiger partial charge in [0.25, 0.3) is 0 Å². The van der Waals surface area contributed by atoms with Crippen molar-refractivity contribution < 1.29 is 47.3 Å². The second kappa shape index (κ2) is 11.7. The molecule has 0 saturated heterocycles. The van der Waals surface area contributed by atoms with Crippen LogP contribution in [0.3, 0.4) is 0 Å². The van der Waals surface area contributed by atoms with Gasteiger partial charge in [-0.25, -0.2) is 8.42 Å². The molecule has 0 N–H and O–H groups in total. The average molecular weight is 497 g/mol. The number of benzene rings is 4. The Bertz CT molecular complexity index is 1510. The molecule has 0 aromatic heterocycles. The predicted octanol–water partition coefficient (Wildman–Crippen LogP) is 4.29. The third kappa shape index (κ3) is 6.59. The van der Waals surface area contributed by atoms with Gasteiger partial charge < -0.3 is 9.29 Å². The molecule has 4 aromatic carbocycles. The van der Waals surface area contributed by atoms with Crippen LogP contribution in [-0.4, -0.2) is 19.6 Å². The van der Waals surface area contributed by atoms with Crippen molar-refractivity contribution in [3.63, 3.8) is 0 Å². The van der Waals surface area contributed by atoms with Crippen molar-refractivity contribution in [1.29, 1.82) is 0 Å². The van der Waals surface area contributed by atoms with Gasteiger partial charge >= 0.3 is 29.6 Å². The summed E-state index contributed by atoms with van der Waals surface area (Å²) in [5.74, 6) is 0.754. The molecule has 0 aliphatic carbocycles. The minimum Gasteiger partial charge on any atom is -0.744 e. The van der Waals surface area contributed by atoms with E-state index in [1.165, 1.54) is 18.2 Å². The smallest absolute Gasteiger partial charge is 0.744 e. The SMILES string of the molecule is CCOc1ccc(N=Nc2ccc(N=Nc3ccccc3)c3cc(S(=O)(=O)[O-])ccc23)c(C)c1.[Na+]. The van der Waals surface area contributed by atoms with Gasteiger partial charge in [-0.2, -0.15) is 10.2 Å². The van der Waals surface area contributed by atoms with Crippen LogP contribution in [0.2, 0.25) is 0 Å². The van der Waals surface area contributed by atoms with E-state index in [9.17, 15) is 13.0 Å². The Balaban J connectivity index is 0.00000342. The standard InChI is InChI=1S/C25H22N4O4S.Na/c1-3-33-19-9-12-23(17(2)15-19)27-29-24-13-14-25(28-26-18-7-5-4-6-8-18)22-16-20(34(30,31)32)10-11-21(22)24;/h4-16H,3H2,1-2H3,(H,30,31,32);/q;+1/p-1. The Hall–Kier alpha value is -2.95. The molecule has 0 aliphatic rings. The van der Waals surface area contributed by atoms with E-state index < -0.39 is 10.1 Å². The summed E-state index contributed by atoms with van der Waals surface area (Å²) in [6.07, 6.45) is 0. The number of aryl methyl sites for hydroxylation is 1. The van der Waals surface area contributed by atoms with E-state index in [1.54, 1.807) is 24.3 Å². The maximum absolute atomic E-state index is 11.6. The Morgan fingerprint density at radius 1 is 0.771 bits per heavy atom. The maximum atomic E-state index is 11.6. The number of nitrogens with zero attached hydrogens (tertiary/aromatic N) is 4. The van der Waals surface area contributed by atoms with Crippen molar-refractivity contribution in [2.45, 2.75) is 18.7 Å². The molecule has 8 nitrogen and oxygen atoms in total. The third-order valence-corrected chi connectivity index (χ3v) is 5.84. The molecule has 0 spiro atoms. The van der Waals surface area contributed by atoms with Gasteiger partial charge in [-0.15, -0.1) is 10.2 Å². The molecular formula is C25H21N4NaO4S. The van der Waals surface area contributed by atoms with Crippen LogP contribution in [-0.2, 0) is 10.1 Å². The molecule has 172 valence electrons. The van der Waals surface area contributed by atoms with Crippen LogP contribution in [0.5, 0.6) is 5.75 Å². The molecule has 0 radical (unpaired) electrons. The summed E-state index contributed by atoms with van der Waals surface area (Å²) in [5.41, 5.74) is 3.10. The van der Waals surface area contributed by atoms with Crippen LogP contribution in [0.15, 0.2) is 104 Å². The van der Waals surface area contributed by atoms with Gasteiger partial charge in [0.05, 0.1) is 34.3 Å². The number of hydrogen-bond acceptors (Lipinski definition) is 8. The van der Waals surface area contributed by atoms with Crippen LogP contribution in [0.1, 0.15) is 12.5 Å². The number of rotatable bonds is 7. The van der Waals surface area contributed by atoms with Gasteiger partial charge in [-0.05, 0) is 74.0 Å². The molecule has 0 aliphatic heterocycles. The number of azo groups is 2. The van der Waals surface area contributed by atoms with Crippen LogP contribution >= 0.6 is 0 Å². The summed E-state index contributed by atoms with van der Waals surface area (Å²) < 4.78 is 40.3. The minimum absolute atomic E-state index is 0. The first-order valence-corrected chi connectivity index (χ1v) is 11.9. The van der Waals surface area contributed by atoms with Gasteiger partial charge in [0.1, 0.15) is 15.9 Å². The first-order valence-electron chi connectivity index (χ1n) is 10.5. The molecule has 0 amide bonds. The average Bonchev–Trinajstić information content (AvgIpc) is 2.82. The molecule has 35 heavy (non-hydrogen) atoms. The summed E-state index contributed by atoms with van der Waals surface area (Å²) in [5, 5.41) is 18.2. The van der Waals surface area contributed by atoms with Crippen molar-refractivity contribution in [3.8, 4) is 5.75 Å². The first-order chi connectivity index (χ1) is 16.3. The van der Waals surface area contributed by atoms with E-state index in [0.717, 1.165) is 11.3 Å². The summed E-state index contributed by atoms with van der Waals surface area (Å²) in [4.78, 5) is -0.354. The van der Waals surface area contributed by atoms with Gasteiger partial charge in [-0.1, -0.05) is 24.3 Å².